The Balaban J connectivity index is 1.74. The van der Waals surface area contributed by atoms with E-state index in [9.17, 15) is 4.79 Å². The summed E-state index contributed by atoms with van der Waals surface area (Å²) in [5, 5.41) is 6.78. The van der Waals surface area contributed by atoms with Crippen molar-refractivity contribution in [2.45, 2.75) is 51.1 Å². The lowest BCUT2D eigenvalue weighted by atomic mass is 9.76. The summed E-state index contributed by atoms with van der Waals surface area (Å²) in [5.74, 6) is 1.11. The number of hydrogen-bond acceptors (Lipinski definition) is 3. The summed E-state index contributed by atoms with van der Waals surface area (Å²) in [5.41, 5.74) is 0.105. The molecule has 4 nitrogen and oxygen atoms in total. The second-order valence-corrected chi connectivity index (χ2v) is 6.70. The maximum atomic E-state index is 12.3. The van der Waals surface area contributed by atoms with Crippen LogP contribution in [0.3, 0.4) is 0 Å². The molecule has 1 amide bonds. The van der Waals surface area contributed by atoms with Crippen LogP contribution in [0.2, 0.25) is 0 Å². The molecule has 3 saturated heterocycles. The minimum atomic E-state index is 0.105. The molecule has 1 unspecified atom stereocenters. The Hall–Kier alpha value is -0.610. The summed E-state index contributed by atoms with van der Waals surface area (Å²) in [6, 6.07) is 0.627. The van der Waals surface area contributed by atoms with E-state index in [4.69, 9.17) is 0 Å². The number of piperidine rings is 1. The first-order valence-corrected chi connectivity index (χ1v) is 7.93. The second-order valence-electron chi connectivity index (χ2n) is 6.70. The average Bonchev–Trinajstić information content (AvgIpc) is 2.93. The maximum absolute atomic E-state index is 12.3. The van der Waals surface area contributed by atoms with Crippen molar-refractivity contribution in [3.8, 4) is 0 Å². The van der Waals surface area contributed by atoms with Gasteiger partial charge in [-0.15, -0.1) is 0 Å². The Morgan fingerprint density at radius 3 is 2.79 bits per heavy atom. The fraction of sp³-hybridized carbons (Fsp3) is 0.933. The first-order chi connectivity index (χ1) is 9.16. The Kier molecular flexibility index (Phi) is 3.56. The van der Waals surface area contributed by atoms with E-state index in [1.54, 1.807) is 0 Å². The minimum Gasteiger partial charge on any atom is -0.350 e. The molecular weight excluding hydrogens is 238 g/mol. The quantitative estimate of drug-likeness (QED) is 0.799. The first-order valence-electron chi connectivity index (χ1n) is 7.93. The third kappa shape index (κ3) is 2.19. The monoisotopic (exact) mass is 265 g/mol. The van der Waals surface area contributed by atoms with Crippen molar-refractivity contribution in [1.82, 2.24) is 15.5 Å². The summed E-state index contributed by atoms with van der Waals surface area (Å²) in [4.78, 5) is 14.9. The van der Waals surface area contributed by atoms with E-state index in [2.05, 4.69) is 29.4 Å². The van der Waals surface area contributed by atoms with Crippen LogP contribution in [0.15, 0.2) is 0 Å². The molecule has 0 aliphatic carbocycles. The zero-order valence-corrected chi connectivity index (χ0v) is 12.2. The van der Waals surface area contributed by atoms with E-state index >= 15 is 0 Å². The molecule has 3 rings (SSSR count). The molecule has 3 atom stereocenters. The molecule has 0 aromatic rings. The lowest BCUT2D eigenvalue weighted by molar-refractivity contribution is -0.123. The molecule has 3 aliphatic rings. The molecule has 3 aliphatic heterocycles. The van der Waals surface area contributed by atoms with E-state index in [0.29, 0.717) is 17.9 Å². The molecule has 19 heavy (non-hydrogen) atoms. The Bertz CT molecular complexity index is 351. The van der Waals surface area contributed by atoms with Crippen LogP contribution >= 0.6 is 0 Å². The number of likely N-dealkylation sites (tertiary alicyclic amines) is 1. The van der Waals surface area contributed by atoms with Crippen LogP contribution < -0.4 is 10.6 Å². The van der Waals surface area contributed by atoms with E-state index in [0.717, 1.165) is 39.0 Å². The highest BCUT2D eigenvalue weighted by Gasteiger charge is 2.56. The van der Waals surface area contributed by atoms with Gasteiger partial charge < -0.3 is 10.6 Å². The lowest BCUT2D eigenvalue weighted by Gasteiger charge is -2.39. The standard InChI is InChI=1S/C15H27N3O/c1-3-4-11(2)18-9-12-13(10-18)15(17-14(12)19)5-7-16-8-6-15/h11-13,16H,3-10H2,1-2H3,(H,17,19)/t11?,12-,13+/m1/s1. The second kappa shape index (κ2) is 5.06. The smallest absolute Gasteiger partial charge is 0.225 e. The van der Waals surface area contributed by atoms with Gasteiger partial charge in [-0.25, -0.2) is 0 Å². The Morgan fingerprint density at radius 1 is 1.37 bits per heavy atom. The molecule has 3 fully saturated rings. The molecule has 0 aromatic heterocycles. The molecule has 108 valence electrons. The number of fused-ring (bicyclic) bond motifs is 2. The topological polar surface area (TPSA) is 44.4 Å². The van der Waals surface area contributed by atoms with Crippen LogP contribution in [0.1, 0.15) is 39.5 Å². The van der Waals surface area contributed by atoms with Gasteiger partial charge in [0.2, 0.25) is 5.91 Å². The minimum absolute atomic E-state index is 0.105. The molecular formula is C15H27N3O. The Labute approximate surface area is 116 Å². The van der Waals surface area contributed by atoms with Crippen LogP contribution in [0, 0.1) is 11.8 Å². The van der Waals surface area contributed by atoms with Crippen molar-refractivity contribution in [2.75, 3.05) is 26.2 Å². The molecule has 0 bridgehead atoms. The van der Waals surface area contributed by atoms with Crippen LogP contribution in [0.4, 0.5) is 0 Å². The largest absolute Gasteiger partial charge is 0.350 e. The number of carbonyl (C=O) groups is 1. The SMILES string of the molecule is CCCC(C)N1C[C@H]2C(=O)NC3(CCNCC3)[C@H]2C1. The summed E-state index contributed by atoms with van der Waals surface area (Å²) >= 11 is 0. The third-order valence-corrected chi connectivity index (χ3v) is 5.59. The molecule has 0 radical (unpaired) electrons. The van der Waals surface area contributed by atoms with E-state index in [1.807, 2.05) is 0 Å². The highest BCUT2D eigenvalue weighted by atomic mass is 16.2. The molecule has 3 heterocycles. The van der Waals surface area contributed by atoms with Gasteiger partial charge in [-0.2, -0.15) is 0 Å². The zero-order chi connectivity index (χ0) is 13.5. The molecule has 4 heteroatoms. The van der Waals surface area contributed by atoms with Crippen molar-refractivity contribution >= 4 is 5.91 Å². The predicted molar refractivity (Wildman–Crippen MR) is 75.9 cm³/mol. The van der Waals surface area contributed by atoms with Gasteiger partial charge in [0.25, 0.3) is 0 Å². The number of nitrogens with zero attached hydrogens (tertiary/aromatic N) is 1. The number of rotatable bonds is 3. The van der Waals surface area contributed by atoms with Gasteiger partial charge in [-0.1, -0.05) is 13.3 Å². The zero-order valence-electron chi connectivity index (χ0n) is 12.2. The van der Waals surface area contributed by atoms with Crippen molar-refractivity contribution < 1.29 is 4.79 Å². The molecule has 0 aromatic carbocycles. The first kappa shape index (κ1) is 13.4. The van der Waals surface area contributed by atoms with E-state index in [1.165, 1.54) is 12.8 Å². The van der Waals surface area contributed by atoms with Gasteiger partial charge in [0, 0.05) is 30.6 Å². The van der Waals surface area contributed by atoms with Crippen molar-refractivity contribution in [3.05, 3.63) is 0 Å². The van der Waals surface area contributed by atoms with Gasteiger partial charge >= 0.3 is 0 Å². The van der Waals surface area contributed by atoms with Crippen LogP contribution in [-0.2, 0) is 4.79 Å². The average molecular weight is 265 g/mol. The van der Waals surface area contributed by atoms with Gasteiger partial charge in [0.1, 0.15) is 0 Å². The van der Waals surface area contributed by atoms with Crippen LogP contribution in [0.25, 0.3) is 0 Å². The molecule has 2 N–H and O–H groups in total. The van der Waals surface area contributed by atoms with Crippen LogP contribution in [0.5, 0.6) is 0 Å². The Morgan fingerprint density at radius 2 is 2.11 bits per heavy atom. The fourth-order valence-electron chi connectivity index (χ4n) is 4.42. The number of amides is 1. The third-order valence-electron chi connectivity index (χ3n) is 5.59. The number of nitrogens with one attached hydrogen (secondary N) is 2. The van der Waals surface area contributed by atoms with Gasteiger partial charge in [0.15, 0.2) is 0 Å². The van der Waals surface area contributed by atoms with Crippen LogP contribution in [-0.4, -0.2) is 48.6 Å². The molecule has 1 spiro atoms. The van der Waals surface area contributed by atoms with E-state index in [-0.39, 0.29) is 11.5 Å². The van der Waals surface area contributed by atoms with Gasteiger partial charge in [0.05, 0.1) is 5.92 Å². The summed E-state index contributed by atoms with van der Waals surface area (Å²) in [6.07, 6.45) is 4.69. The van der Waals surface area contributed by atoms with E-state index < -0.39 is 0 Å². The predicted octanol–water partition coefficient (Wildman–Crippen LogP) is 0.975. The number of carbonyl (C=O) groups excluding carboxylic acids is 1. The summed E-state index contributed by atoms with van der Waals surface area (Å²) < 4.78 is 0. The van der Waals surface area contributed by atoms with Gasteiger partial charge in [-0.05, 0) is 39.3 Å². The van der Waals surface area contributed by atoms with Crippen molar-refractivity contribution in [1.29, 1.82) is 0 Å². The normalized spacial score (nSPS) is 35.4. The van der Waals surface area contributed by atoms with Crippen molar-refractivity contribution in [2.24, 2.45) is 11.8 Å². The fourth-order valence-corrected chi connectivity index (χ4v) is 4.42. The maximum Gasteiger partial charge on any atom is 0.225 e. The summed E-state index contributed by atoms with van der Waals surface area (Å²) in [7, 11) is 0. The summed E-state index contributed by atoms with van der Waals surface area (Å²) in [6.45, 7) is 8.76. The molecule has 0 saturated carbocycles. The van der Waals surface area contributed by atoms with Crippen molar-refractivity contribution in [3.63, 3.8) is 0 Å². The lowest BCUT2D eigenvalue weighted by Crippen LogP contribution is -2.54. The van der Waals surface area contributed by atoms with Gasteiger partial charge in [-0.3, -0.25) is 9.69 Å². The number of hydrogen-bond donors (Lipinski definition) is 2. The highest BCUT2D eigenvalue weighted by molar-refractivity contribution is 5.83. The highest BCUT2D eigenvalue weighted by Crippen LogP contribution is 2.43.